The van der Waals surface area contributed by atoms with E-state index in [1.54, 1.807) is 18.3 Å². The summed E-state index contributed by atoms with van der Waals surface area (Å²) in [6.45, 7) is 0. The van der Waals surface area contributed by atoms with Crippen LogP contribution in [0.5, 0.6) is 0 Å². The Hall–Kier alpha value is -1.59. The van der Waals surface area contributed by atoms with Crippen molar-refractivity contribution in [2.75, 3.05) is 0 Å². The fourth-order valence-corrected chi connectivity index (χ4v) is 2.48. The van der Waals surface area contributed by atoms with Gasteiger partial charge in [-0.2, -0.15) is 0 Å². The average Bonchev–Trinajstić information content (AvgIpc) is 2.39. The van der Waals surface area contributed by atoms with Gasteiger partial charge in [0, 0.05) is 17.5 Å². The molecule has 0 fully saturated rings. The quantitative estimate of drug-likeness (QED) is 0.516. The third-order valence-electron chi connectivity index (χ3n) is 2.44. The maximum Gasteiger partial charge on any atom is 0.123 e. The summed E-state index contributed by atoms with van der Waals surface area (Å²) in [5.74, 6) is 0.0202. The highest BCUT2D eigenvalue weighted by atomic mass is 35.5. The van der Waals surface area contributed by atoms with Crippen LogP contribution in [0.3, 0.4) is 0 Å². The van der Waals surface area contributed by atoms with E-state index in [1.165, 1.54) is 23.9 Å². The predicted octanol–water partition coefficient (Wildman–Crippen LogP) is 3.45. The molecule has 2 aromatic rings. The second kappa shape index (κ2) is 6.04. The topological polar surface area (TPSA) is 62.8 Å². The molecule has 0 bridgehead atoms. The Bertz CT molecular complexity index is 601. The van der Waals surface area contributed by atoms with Crippen LogP contribution in [0, 0.1) is 11.2 Å². The van der Waals surface area contributed by atoms with Crippen LogP contribution in [0.25, 0.3) is 0 Å². The summed E-state index contributed by atoms with van der Waals surface area (Å²) in [6, 6.07) is 7.83. The van der Waals surface area contributed by atoms with Crippen LogP contribution >= 0.6 is 23.4 Å². The molecular formula is C13H11ClFN3S. The lowest BCUT2D eigenvalue weighted by Gasteiger charge is -2.08. The van der Waals surface area contributed by atoms with Crippen LogP contribution < -0.4 is 5.73 Å². The molecule has 1 aromatic heterocycles. The van der Waals surface area contributed by atoms with Crippen LogP contribution in [-0.4, -0.2) is 10.8 Å². The van der Waals surface area contributed by atoms with Crippen LogP contribution in [0.1, 0.15) is 11.1 Å². The molecule has 0 amide bonds. The van der Waals surface area contributed by atoms with E-state index in [0.717, 1.165) is 10.6 Å². The van der Waals surface area contributed by atoms with E-state index >= 15 is 0 Å². The van der Waals surface area contributed by atoms with Crippen LogP contribution in [0.15, 0.2) is 41.6 Å². The van der Waals surface area contributed by atoms with E-state index in [2.05, 4.69) is 4.98 Å². The van der Waals surface area contributed by atoms with Gasteiger partial charge in [0.05, 0.1) is 10.0 Å². The molecule has 0 saturated heterocycles. The summed E-state index contributed by atoms with van der Waals surface area (Å²) in [4.78, 5) is 4.16. The van der Waals surface area contributed by atoms with E-state index in [1.807, 2.05) is 6.07 Å². The van der Waals surface area contributed by atoms with Crippen molar-refractivity contribution in [3.05, 3.63) is 58.5 Å². The second-order valence-corrected chi connectivity index (χ2v) is 5.25. The normalized spacial score (nSPS) is 10.4. The Labute approximate surface area is 119 Å². The van der Waals surface area contributed by atoms with Crippen molar-refractivity contribution < 1.29 is 4.39 Å². The number of aromatic nitrogens is 1. The first-order valence-electron chi connectivity index (χ1n) is 5.43. The zero-order valence-corrected chi connectivity index (χ0v) is 11.4. The van der Waals surface area contributed by atoms with Crippen molar-refractivity contribution in [2.45, 2.75) is 10.8 Å². The first-order valence-corrected chi connectivity index (χ1v) is 6.80. The molecule has 0 aliphatic heterocycles. The molecule has 6 heteroatoms. The summed E-state index contributed by atoms with van der Waals surface area (Å²) in [5.41, 5.74) is 6.67. The molecule has 0 aliphatic rings. The van der Waals surface area contributed by atoms with Gasteiger partial charge in [0.15, 0.2) is 0 Å². The highest BCUT2D eigenvalue weighted by Crippen LogP contribution is 2.24. The molecule has 0 saturated carbocycles. The van der Waals surface area contributed by atoms with E-state index in [0.29, 0.717) is 16.3 Å². The maximum absolute atomic E-state index is 13.1. The number of halogens is 2. The number of thioether (sulfide) groups is 1. The molecule has 3 nitrogen and oxygen atoms in total. The van der Waals surface area contributed by atoms with Gasteiger partial charge in [-0.15, -0.1) is 11.8 Å². The minimum absolute atomic E-state index is 0.140. The van der Waals surface area contributed by atoms with Crippen molar-refractivity contribution in [3.63, 3.8) is 0 Å². The van der Waals surface area contributed by atoms with Crippen LogP contribution in [0.4, 0.5) is 4.39 Å². The zero-order valence-electron chi connectivity index (χ0n) is 9.86. The fourth-order valence-electron chi connectivity index (χ4n) is 1.52. The molecule has 2 rings (SSSR count). The monoisotopic (exact) mass is 295 g/mol. The molecular weight excluding hydrogens is 285 g/mol. The SMILES string of the molecule is N=C(N)c1cc(F)ccc1CSc1ccc(Cl)cn1. The van der Waals surface area contributed by atoms with Gasteiger partial charge in [-0.1, -0.05) is 17.7 Å². The van der Waals surface area contributed by atoms with Gasteiger partial charge in [-0.3, -0.25) is 5.41 Å². The molecule has 98 valence electrons. The van der Waals surface area contributed by atoms with E-state index in [-0.39, 0.29) is 5.84 Å². The van der Waals surface area contributed by atoms with Crippen molar-refractivity contribution in [1.29, 1.82) is 5.41 Å². The van der Waals surface area contributed by atoms with Gasteiger partial charge in [-0.05, 0) is 29.8 Å². The summed E-state index contributed by atoms with van der Waals surface area (Å²) in [6.07, 6.45) is 1.57. The van der Waals surface area contributed by atoms with E-state index in [9.17, 15) is 4.39 Å². The number of nitrogens with two attached hydrogens (primary N) is 1. The Morgan fingerprint density at radius 3 is 2.79 bits per heavy atom. The molecule has 19 heavy (non-hydrogen) atoms. The second-order valence-electron chi connectivity index (χ2n) is 3.82. The van der Waals surface area contributed by atoms with Crippen molar-refractivity contribution in [2.24, 2.45) is 5.73 Å². The van der Waals surface area contributed by atoms with Gasteiger partial charge in [0.1, 0.15) is 11.7 Å². The number of nitrogens with zero attached hydrogens (tertiary/aromatic N) is 1. The molecule has 0 aliphatic carbocycles. The van der Waals surface area contributed by atoms with E-state index < -0.39 is 5.82 Å². The third-order valence-corrected chi connectivity index (χ3v) is 3.65. The standard InChI is InChI=1S/C13H11ClFN3S/c14-9-2-4-12(18-6-9)19-7-8-1-3-10(15)5-11(8)13(16)17/h1-6H,7H2,(H3,16,17). The summed E-state index contributed by atoms with van der Waals surface area (Å²) < 4.78 is 13.1. The minimum Gasteiger partial charge on any atom is -0.384 e. The maximum atomic E-state index is 13.1. The number of nitrogens with one attached hydrogen (secondary N) is 1. The molecule has 0 atom stereocenters. The number of hydrogen-bond acceptors (Lipinski definition) is 3. The molecule has 3 N–H and O–H groups in total. The van der Waals surface area contributed by atoms with Crippen molar-refractivity contribution in [1.82, 2.24) is 4.98 Å². The lowest BCUT2D eigenvalue weighted by Crippen LogP contribution is -2.13. The first kappa shape index (κ1) is 13.8. The minimum atomic E-state index is -0.399. The summed E-state index contributed by atoms with van der Waals surface area (Å²) in [5, 5.41) is 8.84. The van der Waals surface area contributed by atoms with Crippen LogP contribution in [-0.2, 0) is 5.75 Å². The molecule has 0 unspecified atom stereocenters. The third kappa shape index (κ3) is 3.68. The molecule has 0 spiro atoms. The van der Waals surface area contributed by atoms with Crippen LogP contribution in [0.2, 0.25) is 5.02 Å². The van der Waals surface area contributed by atoms with Crippen molar-refractivity contribution >= 4 is 29.2 Å². The zero-order chi connectivity index (χ0) is 13.8. The predicted molar refractivity (Wildman–Crippen MR) is 76.2 cm³/mol. The highest BCUT2D eigenvalue weighted by Gasteiger charge is 2.08. The number of nitrogen functional groups attached to an aromatic ring is 1. The van der Waals surface area contributed by atoms with E-state index in [4.69, 9.17) is 22.7 Å². The number of hydrogen-bond donors (Lipinski definition) is 2. The Morgan fingerprint density at radius 1 is 1.37 bits per heavy atom. The highest BCUT2D eigenvalue weighted by molar-refractivity contribution is 7.98. The number of pyridine rings is 1. The molecule has 1 heterocycles. The Balaban J connectivity index is 2.15. The van der Waals surface area contributed by atoms with Gasteiger partial charge in [0.2, 0.25) is 0 Å². The number of benzene rings is 1. The van der Waals surface area contributed by atoms with Gasteiger partial charge >= 0.3 is 0 Å². The van der Waals surface area contributed by atoms with Gasteiger partial charge in [0.25, 0.3) is 0 Å². The summed E-state index contributed by atoms with van der Waals surface area (Å²) in [7, 11) is 0. The Morgan fingerprint density at radius 2 is 2.16 bits per heavy atom. The lowest BCUT2D eigenvalue weighted by atomic mass is 10.1. The van der Waals surface area contributed by atoms with Gasteiger partial charge < -0.3 is 5.73 Å². The number of rotatable bonds is 4. The molecule has 0 radical (unpaired) electrons. The lowest BCUT2D eigenvalue weighted by molar-refractivity contribution is 0.627. The fraction of sp³-hybridized carbons (Fsp3) is 0.0769. The van der Waals surface area contributed by atoms with Gasteiger partial charge in [-0.25, -0.2) is 9.37 Å². The molecule has 1 aromatic carbocycles. The largest absolute Gasteiger partial charge is 0.384 e. The van der Waals surface area contributed by atoms with Crippen molar-refractivity contribution in [3.8, 4) is 0 Å². The Kier molecular flexibility index (Phi) is 4.39. The first-order chi connectivity index (χ1) is 9.06. The summed E-state index contributed by atoms with van der Waals surface area (Å²) >= 11 is 7.23. The number of amidine groups is 1. The smallest absolute Gasteiger partial charge is 0.123 e. The average molecular weight is 296 g/mol.